The first-order valence-corrected chi connectivity index (χ1v) is 5.69. The number of nitrogens with zero attached hydrogens (tertiary/aromatic N) is 1. The highest BCUT2D eigenvalue weighted by atomic mass is 16.3. The van der Waals surface area contributed by atoms with E-state index < -0.39 is 5.60 Å². The van der Waals surface area contributed by atoms with Gasteiger partial charge in [-0.15, -0.1) is 0 Å². The molecular weight excluding hydrogens is 176 g/mol. The van der Waals surface area contributed by atoms with Crippen molar-refractivity contribution in [2.75, 3.05) is 6.54 Å². The van der Waals surface area contributed by atoms with Crippen LogP contribution in [0.3, 0.4) is 0 Å². The molecule has 2 bridgehead atoms. The smallest absolute Gasteiger partial charge is 0.0718 e. The summed E-state index contributed by atoms with van der Waals surface area (Å²) >= 11 is 0. The lowest BCUT2D eigenvalue weighted by molar-refractivity contribution is 0.00339. The van der Waals surface area contributed by atoms with Crippen molar-refractivity contribution >= 4 is 0 Å². The predicted molar refractivity (Wildman–Crippen MR) is 57.0 cm³/mol. The van der Waals surface area contributed by atoms with E-state index in [0.29, 0.717) is 18.1 Å². The first kappa shape index (κ1) is 10.4. The second kappa shape index (κ2) is 3.47. The summed E-state index contributed by atoms with van der Waals surface area (Å²) in [5, 5.41) is 9.83. The Morgan fingerprint density at radius 3 is 2.21 bits per heavy atom. The minimum atomic E-state index is -0.567. The SMILES string of the molecule is CC(C)(O)CN1C2CCC1CC(N)C2. The van der Waals surface area contributed by atoms with Crippen LogP contribution in [0.15, 0.2) is 0 Å². The Bertz CT molecular complexity index is 198. The highest BCUT2D eigenvalue weighted by molar-refractivity contribution is 4.97. The van der Waals surface area contributed by atoms with Crippen molar-refractivity contribution in [3.63, 3.8) is 0 Å². The van der Waals surface area contributed by atoms with Crippen LogP contribution in [0.1, 0.15) is 39.5 Å². The van der Waals surface area contributed by atoms with E-state index in [4.69, 9.17) is 5.73 Å². The second-order valence-corrected chi connectivity index (χ2v) is 5.60. The zero-order valence-electron chi connectivity index (χ0n) is 9.24. The molecule has 2 atom stereocenters. The van der Waals surface area contributed by atoms with Crippen molar-refractivity contribution in [2.24, 2.45) is 5.73 Å². The van der Waals surface area contributed by atoms with Gasteiger partial charge in [-0.1, -0.05) is 0 Å². The standard InChI is InChI=1S/C11H22N2O/c1-11(2,14)7-13-9-3-4-10(13)6-8(12)5-9/h8-10,14H,3-7,12H2,1-2H3. The van der Waals surface area contributed by atoms with E-state index in [2.05, 4.69) is 4.90 Å². The molecule has 0 radical (unpaired) electrons. The highest BCUT2D eigenvalue weighted by Gasteiger charge is 2.41. The second-order valence-electron chi connectivity index (χ2n) is 5.60. The van der Waals surface area contributed by atoms with Crippen LogP contribution in [0, 0.1) is 0 Å². The molecule has 2 saturated heterocycles. The van der Waals surface area contributed by atoms with Crippen LogP contribution in [0.25, 0.3) is 0 Å². The molecule has 0 aromatic rings. The van der Waals surface area contributed by atoms with E-state index in [1.165, 1.54) is 12.8 Å². The van der Waals surface area contributed by atoms with Gasteiger partial charge in [0, 0.05) is 24.7 Å². The Morgan fingerprint density at radius 2 is 1.79 bits per heavy atom. The molecule has 82 valence electrons. The summed E-state index contributed by atoms with van der Waals surface area (Å²) in [5.41, 5.74) is 5.43. The summed E-state index contributed by atoms with van der Waals surface area (Å²) in [6.07, 6.45) is 4.78. The molecule has 3 heteroatoms. The van der Waals surface area contributed by atoms with Crippen molar-refractivity contribution in [1.82, 2.24) is 4.90 Å². The van der Waals surface area contributed by atoms with E-state index in [0.717, 1.165) is 19.4 Å². The predicted octanol–water partition coefficient (Wildman–Crippen LogP) is 0.711. The van der Waals surface area contributed by atoms with Gasteiger partial charge in [-0.05, 0) is 39.5 Å². The largest absolute Gasteiger partial charge is 0.389 e. The molecule has 2 heterocycles. The van der Waals surface area contributed by atoms with Crippen LogP contribution in [0.4, 0.5) is 0 Å². The average molecular weight is 198 g/mol. The fraction of sp³-hybridized carbons (Fsp3) is 1.00. The maximum atomic E-state index is 9.83. The molecule has 14 heavy (non-hydrogen) atoms. The molecule has 2 aliphatic rings. The Labute approximate surface area is 86.3 Å². The number of aliphatic hydroxyl groups is 1. The minimum absolute atomic E-state index is 0.394. The van der Waals surface area contributed by atoms with E-state index in [9.17, 15) is 5.11 Å². The van der Waals surface area contributed by atoms with Crippen molar-refractivity contribution < 1.29 is 5.11 Å². The summed E-state index contributed by atoms with van der Waals surface area (Å²) in [7, 11) is 0. The zero-order chi connectivity index (χ0) is 10.3. The summed E-state index contributed by atoms with van der Waals surface area (Å²) in [6, 6.07) is 1.66. The van der Waals surface area contributed by atoms with Crippen LogP contribution in [0.2, 0.25) is 0 Å². The number of fused-ring (bicyclic) bond motifs is 2. The van der Waals surface area contributed by atoms with Crippen molar-refractivity contribution in [3.05, 3.63) is 0 Å². The van der Waals surface area contributed by atoms with Crippen LogP contribution in [-0.2, 0) is 0 Å². The van der Waals surface area contributed by atoms with Gasteiger partial charge in [0.05, 0.1) is 5.60 Å². The summed E-state index contributed by atoms with van der Waals surface area (Å²) in [4.78, 5) is 2.48. The van der Waals surface area contributed by atoms with Gasteiger partial charge in [-0.3, -0.25) is 4.90 Å². The van der Waals surface area contributed by atoms with Gasteiger partial charge in [0.2, 0.25) is 0 Å². The third kappa shape index (κ3) is 2.10. The molecular formula is C11H22N2O. The van der Waals surface area contributed by atoms with Gasteiger partial charge in [-0.2, -0.15) is 0 Å². The van der Waals surface area contributed by atoms with Gasteiger partial charge in [0.25, 0.3) is 0 Å². The number of hydrogen-bond donors (Lipinski definition) is 2. The molecule has 0 saturated carbocycles. The average Bonchev–Trinajstić information content (AvgIpc) is 2.31. The van der Waals surface area contributed by atoms with Crippen molar-refractivity contribution in [1.29, 1.82) is 0 Å². The Balaban J connectivity index is 2.01. The molecule has 0 aromatic carbocycles. The maximum absolute atomic E-state index is 9.83. The summed E-state index contributed by atoms with van der Waals surface area (Å²) in [6.45, 7) is 4.58. The lowest BCUT2D eigenvalue weighted by atomic mass is 9.96. The number of nitrogens with two attached hydrogens (primary N) is 1. The summed E-state index contributed by atoms with van der Waals surface area (Å²) < 4.78 is 0. The van der Waals surface area contributed by atoms with Gasteiger partial charge in [0.1, 0.15) is 0 Å². The van der Waals surface area contributed by atoms with Crippen LogP contribution >= 0.6 is 0 Å². The molecule has 0 aromatic heterocycles. The lowest BCUT2D eigenvalue weighted by Crippen LogP contribution is -2.51. The quantitative estimate of drug-likeness (QED) is 0.687. The van der Waals surface area contributed by atoms with E-state index in [-0.39, 0.29) is 0 Å². The number of hydrogen-bond acceptors (Lipinski definition) is 3. The normalized spacial score (nSPS) is 39.0. The monoisotopic (exact) mass is 198 g/mol. The van der Waals surface area contributed by atoms with Crippen LogP contribution < -0.4 is 5.73 Å². The Kier molecular flexibility index (Phi) is 2.58. The molecule has 3 nitrogen and oxygen atoms in total. The van der Waals surface area contributed by atoms with Crippen molar-refractivity contribution in [2.45, 2.75) is 63.3 Å². The third-order valence-corrected chi connectivity index (χ3v) is 3.49. The van der Waals surface area contributed by atoms with Gasteiger partial charge in [0.15, 0.2) is 0 Å². The molecule has 2 aliphatic heterocycles. The fourth-order valence-corrected chi connectivity index (χ4v) is 3.02. The first-order chi connectivity index (χ1) is 6.46. The fourth-order valence-electron chi connectivity index (χ4n) is 3.02. The van der Waals surface area contributed by atoms with Crippen LogP contribution in [-0.4, -0.2) is 40.3 Å². The molecule has 2 fully saturated rings. The molecule has 2 unspecified atom stereocenters. The van der Waals surface area contributed by atoms with E-state index in [1.807, 2.05) is 13.8 Å². The molecule has 0 spiro atoms. The maximum Gasteiger partial charge on any atom is 0.0718 e. The van der Waals surface area contributed by atoms with Gasteiger partial charge in [-0.25, -0.2) is 0 Å². The van der Waals surface area contributed by atoms with Crippen LogP contribution in [0.5, 0.6) is 0 Å². The van der Waals surface area contributed by atoms with Gasteiger partial charge < -0.3 is 10.8 Å². The lowest BCUT2D eigenvalue weighted by Gasteiger charge is -2.40. The number of piperidine rings is 1. The van der Waals surface area contributed by atoms with E-state index in [1.54, 1.807) is 0 Å². The Morgan fingerprint density at radius 1 is 1.29 bits per heavy atom. The molecule has 3 N–H and O–H groups in total. The number of rotatable bonds is 2. The highest BCUT2D eigenvalue weighted by Crippen LogP contribution is 2.35. The first-order valence-electron chi connectivity index (χ1n) is 5.69. The topological polar surface area (TPSA) is 49.5 Å². The minimum Gasteiger partial charge on any atom is -0.389 e. The van der Waals surface area contributed by atoms with E-state index >= 15 is 0 Å². The summed E-state index contributed by atoms with van der Waals surface area (Å²) in [5.74, 6) is 0. The third-order valence-electron chi connectivity index (χ3n) is 3.49. The molecule has 0 amide bonds. The zero-order valence-corrected chi connectivity index (χ0v) is 9.24. The van der Waals surface area contributed by atoms with Crippen molar-refractivity contribution in [3.8, 4) is 0 Å². The molecule has 0 aliphatic carbocycles. The Hall–Kier alpha value is -0.120. The molecule has 2 rings (SSSR count). The van der Waals surface area contributed by atoms with Gasteiger partial charge >= 0.3 is 0 Å².